The Kier molecular flexibility index (Phi) is 5.21. The Hall–Kier alpha value is -3.35. The van der Waals surface area contributed by atoms with Crippen LogP contribution in [-0.2, 0) is 18.3 Å². The molecule has 0 aliphatic carbocycles. The van der Waals surface area contributed by atoms with Gasteiger partial charge in [-0.3, -0.25) is 9.13 Å². The molecule has 4 aromatic rings. The van der Waals surface area contributed by atoms with Gasteiger partial charge in [0.05, 0.1) is 34.7 Å². The van der Waals surface area contributed by atoms with Crippen LogP contribution in [0, 0.1) is 5.92 Å². The quantitative estimate of drug-likeness (QED) is 0.449. The number of nitrogens with zero attached hydrogens (tertiary/aromatic N) is 4. The van der Waals surface area contributed by atoms with Gasteiger partial charge in [-0.25, -0.2) is 14.6 Å². The van der Waals surface area contributed by atoms with Gasteiger partial charge in [0.1, 0.15) is 5.82 Å². The van der Waals surface area contributed by atoms with Gasteiger partial charge in [0.15, 0.2) is 0 Å². The van der Waals surface area contributed by atoms with Crippen molar-refractivity contribution in [2.75, 3.05) is 7.11 Å². The summed E-state index contributed by atoms with van der Waals surface area (Å²) < 4.78 is 10.5. The van der Waals surface area contributed by atoms with E-state index >= 15 is 0 Å². The predicted molar refractivity (Wildman–Crippen MR) is 122 cm³/mol. The molecule has 2 heterocycles. The van der Waals surface area contributed by atoms with Crippen LogP contribution < -0.4 is 5.69 Å². The minimum absolute atomic E-state index is 0.0273. The minimum atomic E-state index is -0.381. The molecule has 2 aromatic carbocycles. The zero-order valence-electron chi connectivity index (χ0n) is 18.8. The minimum Gasteiger partial charge on any atom is -0.465 e. The number of methoxy groups -OCH3 is 1. The summed E-state index contributed by atoms with van der Waals surface area (Å²) in [6, 6.07) is 11.6. The zero-order chi connectivity index (χ0) is 22.4. The topological polar surface area (TPSA) is 71.1 Å². The standard InChI is InChI=1S/C24H28N4O3/c1-14(2)13-27-19-9-8-17(23(29)31-6)11-18(19)25-22(27)16-7-10-20-21(12-16)26(5)24(30)28(20)15(3)4/h7-12,14-15H,13H2,1-6H3. The fraction of sp³-hybridized carbons (Fsp3) is 0.375. The third kappa shape index (κ3) is 3.44. The van der Waals surface area contributed by atoms with E-state index in [0.717, 1.165) is 40.0 Å². The van der Waals surface area contributed by atoms with E-state index in [1.165, 1.54) is 7.11 Å². The van der Waals surface area contributed by atoms with Gasteiger partial charge >= 0.3 is 11.7 Å². The van der Waals surface area contributed by atoms with Crippen LogP contribution in [0.3, 0.4) is 0 Å². The number of hydrogen-bond donors (Lipinski definition) is 0. The van der Waals surface area contributed by atoms with Crippen LogP contribution in [0.1, 0.15) is 44.1 Å². The maximum absolute atomic E-state index is 12.7. The third-order valence-electron chi connectivity index (χ3n) is 5.58. The van der Waals surface area contributed by atoms with Crippen molar-refractivity contribution in [3.63, 3.8) is 0 Å². The van der Waals surface area contributed by atoms with Gasteiger partial charge in [-0.05, 0) is 56.2 Å². The van der Waals surface area contributed by atoms with Crippen LogP contribution in [0.15, 0.2) is 41.2 Å². The van der Waals surface area contributed by atoms with Gasteiger partial charge in [0.2, 0.25) is 0 Å². The van der Waals surface area contributed by atoms with Gasteiger partial charge in [0, 0.05) is 25.2 Å². The Morgan fingerprint density at radius 1 is 1.03 bits per heavy atom. The van der Waals surface area contributed by atoms with E-state index in [-0.39, 0.29) is 17.7 Å². The first-order chi connectivity index (χ1) is 14.7. The van der Waals surface area contributed by atoms with Crippen LogP contribution in [0.2, 0.25) is 0 Å². The molecule has 0 N–H and O–H groups in total. The highest BCUT2D eigenvalue weighted by atomic mass is 16.5. The van der Waals surface area contributed by atoms with Gasteiger partial charge in [-0.1, -0.05) is 13.8 Å². The average Bonchev–Trinajstić information content (AvgIpc) is 3.21. The summed E-state index contributed by atoms with van der Waals surface area (Å²) in [4.78, 5) is 29.6. The molecular formula is C24H28N4O3. The molecule has 0 unspecified atom stereocenters. The van der Waals surface area contributed by atoms with Gasteiger partial charge in [0.25, 0.3) is 0 Å². The van der Waals surface area contributed by atoms with Crippen molar-refractivity contribution in [2.24, 2.45) is 13.0 Å². The number of benzene rings is 2. The Morgan fingerprint density at radius 2 is 1.74 bits per heavy atom. The maximum atomic E-state index is 12.7. The highest BCUT2D eigenvalue weighted by Gasteiger charge is 2.19. The van der Waals surface area contributed by atoms with Crippen molar-refractivity contribution >= 4 is 28.0 Å². The van der Waals surface area contributed by atoms with Crippen molar-refractivity contribution in [1.29, 1.82) is 0 Å². The van der Waals surface area contributed by atoms with Gasteiger partial charge < -0.3 is 9.30 Å². The SMILES string of the molecule is COC(=O)c1ccc2c(c1)nc(-c1ccc3c(c1)n(C)c(=O)n3C(C)C)n2CC(C)C. The number of imidazole rings is 2. The first kappa shape index (κ1) is 20.9. The number of carbonyl (C=O) groups excluding carboxylic acids is 1. The number of aromatic nitrogens is 4. The number of fused-ring (bicyclic) bond motifs is 2. The van der Waals surface area contributed by atoms with Crippen LogP contribution in [0.25, 0.3) is 33.5 Å². The second-order valence-electron chi connectivity index (χ2n) is 8.64. The molecule has 0 amide bonds. The first-order valence-electron chi connectivity index (χ1n) is 10.5. The number of rotatable bonds is 5. The number of carbonyl (C=O) groups is 1. The fourth-order valence-electron chi connectivity index (χ4n) is 4.15. The summed E-state index contributed by atoms with van der Waals surface area (Å²) >= 11 is 0. The highest BCUT2D eigenvalue weighted by molar-refractivity contribution is 5.94. The maximum Gasteiger partial charge on any atom is 0.337 e. The van der Waals surface area contributed by atoms with Crippen LogP contribution in [-0.4, -0.2) is 31.8 Å². The molecule has 0 aliphatic heterocycles. The first-order valence-corrected chi connectivity index (χ1v) is 10.5. The summed E-state index contributed by atoms with van der Waals surface area (Å²) in [7, 11) is 3.17. The molecule has 0 aliphatic rings. The Balaban J connectivity index is 1.95. The number of ether oxygens (including phenoxy) is 1. The molecule has 7 nitrogen and oxygen atoms in total. The van der Waals surface area contributed by atoms with Crippen molar-refractivity contribution in [3.05, 3.63) is 52.4 Å². The molecule has 0 saturated heterocycles. The van der Waals surface area contributed by atoms with Crippen LogP contribution >= 0.6 is 0 Å². The second kappa shape index (κ2) is 7.72. The van der Waals surface area contributed by atoms with E-state index in [1.54, 1.807) is 28.3 Å². The summed E-state index contributed by atoms with van der Waals surface area (Å²) in [5, 5.41) is 0. The Bertz CT molecular complexity index is 1350. The molecule has 0 bridgehead atoms. The lowest BCUT2D eigenvalue weighted by Crippen LogP contribution is -2.23. The summed E-state index contributed by atoms with van der Waals surface area (Å²) in [6.07, 6.45) is 0. The molecule has 0 spiro atoms. The summed E-state index contributed by atoms with van der Waals surface area (Å²) in [5.74, 6) is 0.845. The molecule has 0 radical (unpaired) electrons. The normalized spacial score (nSPS) is 11.9. The third-order valence-corrected chi connectivity index (χ3v) is 5.58. The van der Waals surface area contributed by atoms with Crippen LogP contribution in [0.5, 0.6) is 0 Å². The van der Waals surface area contributed by atoms with Gasteiger partial charge in [-0.2, -0.15) is 0 Å². The van der Waals surface area contributed by atoms with E-state index in [2.05, 4.69) is 18.4 Å². The van der Waals surface area contributed by atoms with Crippen LogP contribution in [0.4, 0.5) is 0 Å². The lowest BCUT2D eigenvalue weighted by Gasteiger charge is -2.12. The number of hydrogen-bond acceptors (Lipinski definition) is 4. The summed E-state index contributed by atoms with van der Waals surface area (Å²) in [5.41, 5.74) is 4.86. The Morgan fingerprint density at radius 3 is 2.39 bits per heavy atom. The molecule has 0 saturated carbocycles. The number of aryl methyl sites for hydroxylation is 1. The lowest BCUT2D eigenvalue weighted by molar-refractivity contribution is 0.0601. The van der Waals surface area contributed by atoms with Crippen molar-refractivity contribution in [1.82, 2.24) is 18.7 Å². The molecule has 7 heteroatoms. The molecule has 4 rings (SSSR count). The van der Waals surface area contributed by atoms with E-state index in [4.69, 9.17) is 9.72 Å². The fourth-order valence-corrected chi connectivity index (χ4v) is 4.15. The molecule has 2 aromatic heterocycles. The van der Waals surface area contributed by atoms with Crippen molar-refractivity contribution in [2.45, 2.75) is 40.3 Å². The lowest BCUT2D eigenvalue weighted by atomic mass is 10.1. The predicted octanol–water partition coefficient (Wildman–Crippen LogP) is 4.38. The smallest absolute Gasteiger partial charge is 0.337 e. The van der Waals surface area contributed by atoms with E-state index in [1.807, 2.05) is 38.1 Å². The van der Waals surface area contributed by atoms with E-state index < -0.39 is 0 Å². The molecule has 31 heavy (non-hydrogen) atoms. The van der Waals surface area contributed by atoms with Crippen molar-refractivity contribution < 1.29 is 9.53 Å². The zero-order valence-corrected chi connectivity index (χ0v) is 18.8. The Labute approximate surface area is 180 Å². The monoisotopic (exact) mass is 420 g/mol. The second-order valence-corrected chi connectivity index (χ2v) is 8.64. The molecule has 0 fully saturated rings. The highest BCUT2D eigenvalue weighted by Crippen LogP contribution is 2.29. The molecule has 0 atom stereocenters. The summed E-state index contributed by atoms with van der Waals surface area (Å²) in [6.45, 7) is 9.13. The van der Waals surface area contributed by atoms with E-state index in [9.17, 15) is 9.59 Å². The van der Waals surface area contributed by atoms with E-state index in [0.29, 0.717) is 11.5 Å². The van der Waals surface area contributed by atoms with Gasteiger partial charge in [-0.15, -0.1) is 0 Å². The average molecular weight is 421 g/mol. The number of esters is 1. The largest absolute Gasteiger partial charge is 0.465 e. The molecule has 162 valence electrons. The molecular weight excluding hydrogens is 392 g/mol. The van der Waals surface area contributed by atoms with Crippen molar-refractivity contribution in [3.8, 4) is 11.4 Å².